The molecule has 64 valence electrons. The zero-order chi connectivity index (χ0) is 8.43. The molecule has 1 amide bonds. The maximum atomic E-state index is 11.0. The van der Waals surface area contributed by atoms with E-state index in [-0.39, 0.29) is 12.1 Å². The molecule has 1 rings (SSSR count). The molecule has 1 N–H and O–H groups in total. The van der Waals surface area contributed by atoms with Crippen LogP contribution in [0.2, 0.25) is 0 Å². The summed E-state index contributed by atoms with van der Waals surface area (Å²) < 4.78 is 4.53. The zero-order valence-corrected chi connectivity index (χ0v) is 6.78. The molecule has 1 unspecified atom stereocenters. The van der Waals surface area contributed by atoms with Gasteiger partial charge in [0.25, 0.3) is 0 Å². The number of hydrogen-bond donors (Lipinski definition) is 1. The molecule has 11 heavy (non-hydrogen) atoms. The second kappa shape index (κ2) is 3.09. The number of nitrogens with zero attached hydrogens (tertiary/aromatic N) is 1. The zero-order valence-electron chi connectivity index (χ0n) is 6.78. The maximum Gasteiger partial charge on any atom is 0.409 e. The fraction of sp³-hybridized carbons (Fsp3) is 0.857. The number of rotatable bonds is 0. The second-order valence-electron chi connectivity index (χ2n) is 2.76. The van der Waals surface area contributed by atoms with E-state index in [1.807, 2.05) is 6.92 Å². The summed E-state index contributed by atoms with van der Waals surface area (Å²) in [4.78, 5) is 12.5. The standard InChI is InChI=1S/C7H13NO3/c1-5-6(9)3-4-8(5)7(10)11-2/h5-6,9H,3-4H2,1-2H3/t5-,6?/m1/s1. The van der Waals surface area contributed by atoms with Crippen molar-refractivity contribution in [1.29, 1.82) is 0 Å². The molecule has 4 heteroatoms. The molecule has 2 atom stereocenters. The number of carbonyl (C=O) groups excluding carboxylic acids is 1. The lowest BCUT2D eigenvalue weighted by Crippen LogP contribution is -2.37. The van der Waals surface area contributed by atoms with Crippen molar-refractivity contribution in [2.45, 2.75) is 25.5 Å². The van der Waals surface area contributed by atoms with Crippen molar-refractivity contribution in [2.24, 2.45) is 0 Å². The second-order valence-corrected chi connectivity index (χ2v) is 2.76. The molecule has 0 aromatic rings. The molecule has 0 aliphatic carbocycles. The van der Waals surface area contributed by atoms with E-state index >= 15 is 0 Å². The SMILES string of the molecule is COC(=O)N1CCC(O)[C@H]1C. The summed E-state index contributed by atoms with van der Waals surface area (Å²) in [6.07, 6.45) is -0.0980. The van der Waals surface area contributed by atoms with E-state index in [1.54, 1.807) is 0 Å². The Hall–Kier alpha value is -0.770. The van der Waals surface area contributed by atoms with E-state index in [0.717, 1.165) is 0 Å². The summed E-state index contributed by atoms with van der Waals surface area (Å²) in [6.45, 7) is 2.41. The molecule has 0 radical (unpaired) electrons. The molecule has 1 aliphatic heterocycles. The van der Waals surface area contributed by atoms with Crippen molar-refractivity contribution >= 4 is 6.09 Å². The molecule has 0 aromatic heterocycles. The molecule has 1 aliphatic rings. The van der Waals surface area contributed by atoms with Crippen LogP contribution in [0.15, 0.2) is 0 Å². The van der Waals surface area contributed by atoms with Gasteiger partial charge in [-0.05, 0) is 13.3 Å². The van der Waals surface area contributed by atoms with Crippen LogP contribution in [0.3, 0.4) is 0 Å². The summed E-state index contributed by atoms with van der Waals surface area (Å²) >= 11 is 0. The van der Waals surface area contributed by atoms with Gasteiger partial charge in [-0.2, -0.15) is 0 Å². The van der Waals surface area contributed by atoms with E-state index in [9.17, 15) is 9.90 Å². The average molecular weight is 159 g/mol. The van der Waals surface area contributed by atoms with Crippen molar-refractivity contribution < 1.29 is 14.6 Å². The molecular formula is C7H13NO3. The highest BCUT2D eigenvalue weighted by atomic mass is 16.5. The van der Waals surface area contributed by atoms with Crippen molar-refractivity contribution in [3.63, 3.8) is 0 Å². The van der Waals surface area contributed by atoms with E-state index in [2.05, 4.69) is 4.74 Å². The molecular weight excluding hydrogens is 146 g/mol. The quantitative estimate of drug-likeness (QED) is 0.549. The Morgan fingerprint density at radius 2 is 2.36 bits per heavy atom. The van der Waals surface area contributed by atoms with Crippen LogP contribution >= 0.6 is 0 Å². The Morgan fingerprint density at radius 1 is 1.73 bits per heavy atom. The van der Waals surface area contributed by atoms with Crippen LogP contribution in [-0.2, 0) is 4.74 Å². The summed E-state index contributed by atoms with van der Waals surface area (Å²) in [5.41, 5.74) is 0. The molecule has 0 bridgehead atoms. The average Bonchev–Trinajstić information content (AvgIpc) is 2.32. The highest BCUT2D eigenvalue weighted by Gasteiger charge is 2.32. The lowest BCUT2D eigenvalue weighted by molar-refractivity contribution is 0.0953. The highest BCUT2D eigenvalue weighted by Crippen LogP contribution is 2.17. The van der Waals surface area contributed by atoms with Crippen LogP contribution < -0.4 is 0 Å². The molecule has 1 heterocycles. The van der Waals surface area contributed by atoms with Gasteiger partial charge in [0.15, 0.2) is 0 Å². The van der Waals surface area contributed by atoms with Crippen molar-refractivity contribution in [1.82, 2.24) is 4.90 Å². The Morgan fingerprint density at radius 3 is 2.73 bits per heavy atom. The van der Waals surface area contributed by atoms with Gasteiger partial charge < -0.3 is 14.7 Å². The summed E-state index contributed by atoms with van der Waals surface area (Å²) in [7, 11) is 1.35. The van der Waals surface area contributed by atoms with Crippen LogP contribution in [0.1, 0.15) is 13.3 Å². The first-order valence-electron chi connectivity index (χ1n) is 3.69. The van der Waals surface area contributed by atoms with Gasteiger partial charge in [-0.25, -0.2) is 4.79 Å². The van der Waals surface area contributed by atoms with Gasteiger partial charge in [-0.1, -0.05) is 0 Å². The Labute approximate surface area is 65.8 Å². The fourth-order valence-corrected chi connectivity index (χ4v) is 1.30. The van der Waals surface area contributed by atoms with Gasteiger partial charge in [0, 0.05) is 6.54 Å². The fourth-order valence-electron chi connectivity index (χ4n) is 1.30. The monoisotopic (exact) mass is 159 g/mol. The number of aliphatic hydroxyl groups excluding tert-OH is 1. The van der Waals surface area contributed by atoms with Crippen LogP contribution in [0, 0.1) is 0 Å². The van der Waals surface area contributed by atoms with Crippen LogP contribution in [0.4, 0.5) is 4.79 Å². The topological polar surface area (TPSA) is 49.8 Å². The first-order valence-corrected chi connectivity index (χ1v) is 3.69. The number of ether oxygens (including phenoxy) is 1. The summed E-state index contributed by atoms with van der Waals surface area (Å²) in [5.74, 6) is 0. The molecule has 0 spiro atoms. The van der Waals surface area contributed by atoms with Gasteiger partial charge in [0.2, 0.25) is 0 Å². The Kier molecular flexibility index (Phi) is 2.34. The minimum atomic E-state index is -0.394. The van der Waals surface area contributed by atoms with Gasteiger partial charge in [0.05, 0.1) is 19.3 Å². The van der Waals surface area contributed by atoms with Gasteiger partial charge in [-0.15, -0.1) is 0 Å². The third-order valence-electron chi connectivity index (χ3n) is 2.12. The summed E-state index contributed by atoms with van der Waals surface area (Å²) in [5, 5.41) is 9.26. The minimum absolute atomic E-state index is 0.109. The van der Waals surface area contributed by atoms with E-state index in [4.69, 9.17) is 0 Å². The highest BCUT2D eigenvalue weighted by molar-refractivity contribution is 5.68. The van der Waals surface area contributed by atoms with Crippen molar-refractivity contribution in [2.75, 3.05) is 13.7 Å². The number of amides is 1. The number of hydrogen-bond acceptors (Lipinski definition) is 3. The Balaban J connectivity index is 2.54. The number of likely N-dealkylation sites (tertiary alicyclic amines) is 1. The first-order chi connectivity index (χ1) is 5.16. The Bertz CT molecular complexity index is 160. The van der Waals surface area contributed by atoms with Crippen molar-refractivity contribution in [3.05, 3.63) is 0 Å². The summed E-state index contributed by atoms with van der Waals surface area (Å²) in [6, 6.07) is -0.109. The number of methoxy groups -OCH3 is 1. The molecule has 4 nitrogen and oxygen atoms in total. The largest absolute Gasteiger partial charge is 0.453 e. The molecule has 0 saturated carbocycles. The normalized spacial score (nSPS) is 30.6. The third-order valence-corrected chi connectivity index (χ3v) is 2.12. The lowest BCUT2D eigenvalue weighted by Gasteiger charge is -2.20. The third kappa shape index (κ3) is 1.45. The number of aliphatic hydroxyl groups is 1. The van der Waals surface area contributed by atoms with Crippen molar-refractivity contribution in [3.8, 4) is 0 Å². The van der Waals surface area contributed by atoms with Crippen LogP contribution in [-0.4, -0.2) is 41.9 Å². The van der Waals surface area contributed by atoms with Crippen LogP contribution in [0.5, 0.6) is 0 Å². The van der Waals surface area contributed by atoms with Gasteiger partial charge in [-0.3, -0.25) is 0 Å². The molecule has 1 fully saturated rings. The smallest absolute Gasteiger partial charge is 0.409 e. The van der Waals surface area contributed by atoms with Crippen LogP contribution in [0.25, 0.3) is 0 Å². The van der Waals surface area contributed by atoms with E-state index < -0.39 is 6.10 Å². The maximum absolute atomic E-state index is 11.0. The number of carbonyl (C=O) groups is 1. The van der Waals surface area contributed by atoms with E-state index in [1.165, 1.54) is 12.0 Å². The predicted octanol–water partition coefficient (Wildman–Crippen LogP) is 0.208. The lowest BCUT2D eigenvalue weighted by atomic mass is 10.2. The van der Waals surface area contributed by atoms with Gasteiger partial charge >= 0.3 is 6.09 Å². The van der Waals surface area contributed by atoms with E-state index in [0.29, 0.717) is 13.0 Å². The molecule has 1 saturated heterocycles. The first kappa shape index (κ1) is 8.33. The predicted molar refractivity (Wildman–Crippen MR) is 39.2 cm³/mol. The molecule has 0 aromatic carbocycles. The minimum Gasteiger partial charge on any atom is -0.453 e. The van der Waals surface area contributed by atoms with Gasteiger partial charge in [0.1, 0.15) is 0 Å².